The molecule has 23 heavy (non-hydrogen) atoms. The minimum absolute atomic E-state index is 0.137. The van der Waals surface area contributed by atoms with E-state index in [9.17, 15) is 13.2 Å². The first kappa shape index (κ1) is 15.5. The first-order valence-electron chi connectivity index (χ1n) is 6.35. The third kappa shape index (κ3) is 3.06. The second-order valence-corrected chi connectivity index (χ2v) is 7.26. The van der Waals surface area contributed by atoms with E-state index < -0.39 is 16.1 Å². The van der Waals surface area contributed by atoms with Crippen LogP contribution in [0.4, 0.5) is 4.79 Å². The number of imidazole rings is 1. The predicted octanol–water partition coefficient (Wildman–Crippen LogP) is 2.72. The number of nitrogens with one attached hydrogen (secondary N) is 1. The minimum Gasteiger partial charge on any atom is -0.464 e. The number of hydrogen-bond donors (Lipinski definition) is 2. The van der Waals surface area contributed by atoms with Crippen LogP contribution < -0.4 is 4.72 Å². The number of amides is 1. The lowest BCUT2D eigenvalue weighted by atomic mass is 10.2. The molecule has 2 heterocycles. The highest BCUT2D eigenvalue weighted by Gasteiger charge is 2.18. The number of aromatic nitrogens is 2. The fourth-order valence-electron chi connectivity index (χ4n) is 2.16. The van der Waals surface area contributed by atoms with Gasteiger partial charge in [0, 0.05) is 16.2 Å². The van der Waals surface area contributed by atoms with Crippen molar-refractivity contribution in [1.29, 1.82) is 0 Å². The molecule has 3 rings (SSSR count). The number of halogens is 1. The van der Waals surface area contributed by atoms with Crippen molar-refractivity contribution < 1.29 is 18.3 Å². The molecule has 7 nitrogen and oxygen atoms in total. The molecular weight excluding hydrogens is 386 g/mol. The Balaban J connectivity index is 2.12. The van der Waals surface area contributed by atoms with Gasteiger partial charge in [-0.2, -0.15) is 0 Å². The van der Waals surface area contributed by atoms with Crippen molar-refractivity contribution in [2.24, 2.45) is 0 Å². The summed E-state index contributed by atoms with van der Waals surface area (Å²) in [6.45, 7) is 0. The van der Waals surface area contributed by atoms with Gasteiger partial charge in [-0.3, -0.25) is 4.40 Å². The lowest BCUT2D eigenvalue weighted by Crippen LogP contribution is -2.28. The molecule has 1 amide bonds. The van der Waals surface area contributed by atoms with E-state index in [1.54, 1.807) is 22.7 Å². The van der Waals surface area contributed by atoms with E-state index in [1.165, 1.54) is 16.9 Å². The van der Waals surface area contributed by atoms with Crippen molar-refractivity contribution in [2.75, 3.05) is 0 Å². The molecule has 2 aromatic heterocycles. The van der Waals surface area contributed by atoms with Gasteiger partial charge in [-0.1, -0.05) is 12.1 Å². The summed E-state index contributed by atoms with van der Waals surface area (Å²) in [5.41, 5.74) is 2.00. The van der Waals surface area contributed by atoms with E-state index >= 15 is 0 Å². The molecule has 1 aromatic carbocycles. The van der Waals surface area contributed by atoms with Gasteiger partial charge in [-0.25, -0.2) is 22.9 Å². The quantitative estimate of drug-likeness (QED) is 0.709. The zero-order chi connectivity index (χ0) is 16.6. The highest BCUT2D eigenvalue weighted by atomic mass is 79.9. The Morgan fingerprint density at radius 3 is 2.78 bits per heavy atom. The standard InChI is InChI=1S/C14H10BrN3O4S/c15-10-4-5-13-16-7-12(18(13)8-10)9-2-1-3-11(6-9)23(21,22)17-14(19)20/h1-8,17H,(H,19,20). The van der Waals surface area contributed by atoms with Crippen LogP contribution in [0.5, 0.6) is 0 Å². The summed E-state index contributed by atoms with van der Waals surface area (Å²) < 4.78 is 28.1. The normalized spacial score (nSPS) is 11.5. The van der Waals surface area contributed by atoms with Gasteiger partial charge in [0.05, 0.1) is 16.8 Å². The molecule has 0 aliphatic carbocycles. The predicted molar refractivity (Wildman–Crippen MR) is 86.7 cm³/mol. The Kier molecular flexibility index (Phi) is 3.82. The summed E-state index contributed by atoms with van der Waals surface area (Å²) in [7, 11) is -4.12. The van der Waals surface area contributed by atoms with Gasteiger partial charge in [0.15, 0.2) is 0 Å². The van der Waals surface area contributed by atoms with Gasteiger partial charge >= 0.3 is 6.09 Å². The maximum Gasteiger partial charge on any atom is 0.418 e. The summed E-state index contributed by atoms with van der Waals surface area (Å²) in [6.07, 6.45) is 1.81. The molecule has 9 heteroatoms. The monoisotopic (exact) mass is 395 g/mol. The lowest BCUT2D eigenvalue weighted by molar-refractivity contribution is 0.201. The van der Waals surface area contributed by atoms with E-state index in [4.69, 9.17) is 5.11 Å². The maximum atomic E-state index is 12.0. The fourth-order valence-corrected chi connectivity index (χ4v) is 3.39. The molecule has 0 spiro atoms. The number of carboxylic acid groups (broad SMARTS) is 1. The van der Waals surface area contributed by atoms with Gasteiger partial charge in [-0.05, 0) is 40.2 Å². The smallest absolute Gasteiger partial charge is 0.418 e. The summed E-state index contributed by atoms with van der Waals surface area (Å²) in [5, 5.41) is 8.63. The largest absolute Gasteiger partial charge is 0.464 e. The SMILES string of the molecule is O=C(O)NS(=O)(=O)c1cccc(-c2cnc3ccc(Br)cn23)c1. The molecule has 0 atom stereocenters. The van der Waals surface area contributed by atoms with Crippen LogP contribution in [0.25, 0.3) is 16.9 Å². The van der Waals surface area contributed by atoms with Gasteiger partial charge in [0.1, 0.15) is 5.65 Å². The average molecular weight is 396 g/mol. The first-order valence-corrected chi connectivity index (χ1v) is 8.63. The highest BCUT2D eigenvalue weighted by Crippen LogP contribution is 2.25. The number of nitrogens with zero attached hydrogens (tertiary/aromatic N) is 2. The Hall–Kier alpha value is -2.39. The van der Waals surface area contributed by atoms with Crippen LogP contribution in [0.15, 0.2) is 58.2 Å². The summed E-state index contributed by atoms with van der Waals surface area (Å²) in [5.74, 6) is 0. The molecule has 0 fully saturated rings. The number of rotatable bonds is 3. The Morgan fingerprint density at radius 2 is 2.04 bits per heavy atom. The van der Waals surface area contributed by atoms with Crippen molar-refractivity contribution >= 4 is 37.7 Å². The Bertz CT molecular complexity index is 1010. The number of hydrogen-bond acceptors (Lipinski definition) is 4. The van der Waals surface area contributed by atoms with Crippen molar-refractivity contribution in [3.8, 4) is 11.3 Å². The van der Waals surface area contributed by atoms with Crippen molar-refractivity contribution in [3.05, 3.63) is 53.3 Å². The molecule has 0 unspecified atom stereocenters. The molecule has 0 saturated heterocycles. The molecule has 0 aliphatic rings. The van der Waals surface area contributed by atoms with Crippen LogP contribution in [-0.4, -0.2) is 29.0 Å². The van der Waals surface area contributed by atoms with Crippen LogP contribution in [0.1, 0.15) is 0 Å². The molecule has 0 aliphatic heterocycles. The Labute approximate surface area is 139 Å². The number of benzene rings is 1. The molecular formula is C14H10BrN3O4S. The Morgan fingerprint density at radius 1 is 1.26 bits per heavy atom. The number of carbonyl (C=O) groups is 1. The number of sulfonamides is 1. The van der Waals surface area contributed by atoms with Crippen molar-refractivity contribution in [1.82, 2.24) is 14.1 Å². The van der Waals surface area contributed by atoms with Crippen LogP contribution in [0, 0.1) is 0 Å². The van der Waals surface area contributed by atoms with E-state index in [0.29, 0.717) is 16.9 Å². The highest BCUT2D eigenvalue weighted by molar-refractivity contribution is 9.10. The maximum absolute atomic E-state index is 12.0. The summed E-state index contributed by atoms with van der Waals surface area (Å²) >= 11 is 3.38. The van der Waals surface area contributed by atoms with Gasteiger partial charge < -0.3 is 5.11 Å². The summed E-state index contributed by atoms with van der Waals surface area (Å²) in [4.78, 5) is 14.7. The first-order chi connectivity index (χ1) is 10.9. The van der Waals surface area contributed by atoms with E-state index in [1.807, 2.05) is 18.3 Å². The molecule has 0 bridgehead atoms. The second-order valence-electron chi connectivity index (χ2n) is 4.66. The number of pyridine rings is 1. The average Bonchev–Trinajstić information content (AvgIpc) is 2.89. The summed E-state index contributed by atoms with van der Waals surface area (Å²) in [6, 6.07) is 9.67. The molecule has 118 valence electrons. The fraction of sp³-hybridized carbons (Fsp3) is 0. The van der Waals surface area contributed by atoms with Crippen LogP contribution in [0.2, 0.25) is 0 Å². The van der Waals surface area contributed by atoms with E-state index in [2.05, 4.69) is 20.9 Å². The van der Waals surface area contributed by atoms with Crippen LogP contribution >= 0.6 is 15.9 Å². The minimum atomic E-state index is -4.12. The molecule has 3 aromatic rings. The molecule has 0 radical (unpaired) electrons. The van der Waals surface area contributed by atoms with Crippen molar-refractivity contribution in [2.45, 2.75) is 4.90 Å². The zero-order valence-electron chi connectivity index (χ0n) is 11.5. The van der Waals surface area contributed by atoms with E-state index in [0.717, 1.165) is 4.47 Å². The topological polar surface area (TPSA) is 101 Å². The molecule has 0 saturated carbocycles. The second kappa shape index (κ2) is 5.67. The van der Waals surface area contributed by atoms with Crippen molar-refractivity contribution in [3.63, 3.8) is 0 Å². The number of fused-ring (bicyclic) bond motifs is 1. The zero-order valence-corrected chi connectivity index (χ0v) is 13.9. The van der Waals surface area contributed by atoms with Crippen LogP contribution in [0.3, 0.4) is 0 Å². The lowest BCUT2D eigenvalue weighted by Gasteiger charge is -2.07. The van der Waals surface area contributed by atoms with E-state index in [-0.39, 0.29) is 4.90 Å². The van der Waals surface area contributed by atoms with Gasteiger partial charge in [-0.15, -0.1) is 0 Å². The third-order valence-electron chi connectivity index (χ3n) is 3.13. The van der Waals surface area contributed by atoms with Gasteiger partial charge in [0.25, 0.3) is 10.0 Å². The third-order valence-corrected chi connectivity index (χ3v) is 4.92. The molecule has 2 N–H and O–H groups in total. The van der Waals surface area contributed by atoms with Crippen LogP contribution in [-0.2, 0) is 10.0 Å². The van der Waals surface area contributed by atoms with Gasteiger partial charge in [0.2, 0.25) is 0 Å².